The van der Waals surface area contributed by atoms with Crippen LogP contribution in [0.4, 0.5) is 27.5 Å². The molecule has 3 aromatic carbocycles. The number of anilines is 4. The van der Waals surface area contributed by atoms with Crippen LogP contribution in [0, 0.1) is 11.3 Å². The van der Waals surface area contributed by atoms with Gasteiger partial charge >= 0.3 is 6.03 Å². The van der Waals surface area contributed by atoms with Gasteiger partial charge in [0, 0.05) is 23.5 Å². The van der Waals surface area contributed by atoms with E-state index in [1.54, 1.807) is 27.9 Å². The monoisotopic (exact) mass is 622 g/mol. The lowest BCUT2D eigenvalue weighted by Gasteiger charge is -2.28. The molecule has 4 aromatic rings. The van der Waals surface area contributed by atoms with Crippen molar-refractivity contribution >= 4 is 40.6 Å². The number of amides is 4. The maximum Gasteiger partial charge on any atom is 0.320 e. The maximum atomic E-state index is 14.2. The Morgan fingerprint density at radius 1 is 0.891 bits per heavy atom. The third-order valence-corrected chi connectivity index (χ3v) is 8.18. The number of hydrogen-bond acceptors (Lipinski definition) is 6. The highest BCUT2D eigenvalue weighted by molar-refractivity contribution is 6.24. The molecule has 1 atom stereocenters. The second kappa shape index (κ2) is 13.9. The van der Waals surface area contributed by atoms with Gasteiger partial charge in [0.1, 0.15) is 0 Å². The van der Waals surface area contributed by atoms with Crippen molar-refractivity contribution in [2.75, 3.05) is 21.7 Å². The summed E-state index contributed by atoms with van der Waals surface area (Å²) in [7, 11) is 0. The normalized spacial score (nSPS) is 15.1. The summed E-state index contributed by atoms with van der Waals surface area (Å²) >= 11 is 0. The molecule has 0 spiro atoms. The Labute approximate surface area is 270 Å². The molecule has 0 fully saturated rings. The van der Waals surface area contributed by atoms with E-state index >= 15 is 0 Å². The third kappa shape index (κ3) is 7.42. The van der Waals surface area contributed by atoms with E-state index in [0.29, 0.717) is 59.6 Å². The van der Waals surface area contributed by atoms with Crippen molar-refractivity contribution in [1.82, 2.24) is 25.5 Å². The SMILES string of the molecule is CCC(CC)Cn1nnc(-c2cccc(NC(=O)NC3C(=O)N(CCC(C)(C)C)c4ccccc4N(c4ccccc4)C3=O)c2)n1. The molecule has 4 amide bonds. The molecule has 1 unspecified atom stereocenters. The average molecular weight is 623 g/mol. The zero-order valence-corrected chi connectivity index (χ0v) is 27.1. The zero-order valence-electron chi connectivity index (χ0n) is 27.1. The van der Waals surface area contributed by atoms with E-state index in [1.807, 2.05) is 60.7 Å². The molecule has 240 valence electrons. The van der Waals surface area contributed by atoms with Gasteiger partial charge in [0.05, 0.1) is 17.9 Å². The smallest absolute Gasteiger partial charge is 0.318 e. The Balaban J connectivity index is 1.41. The molecule has 2 N–H and O–H groups in total. The van der Waals surface area contributed by atoms with Crippen molar-refractivity contribution in [2.45, 2.75) is 66.5 Å². The first-order valence-corrected chi connectivity index (χ1v) is 15.8. The number of carbonyl (C=O) groups is 3. The van der Waals surface area contributed by atoms with Gasteiger partial charge in [0.2, 0.25) is 5.82 Å². The molecule has 0 radical (unpaired) electrons. The summed E-state index contributed by atoms with van der Waals surface area (Å²) in [6.45, 7) is 11.6. The zero-order chi connectivity index (χ0) is 32.8. The Morgan fingerprint density at radius 2 is 1.59 bits per heavy atom. The lowest BCUT2D eigenvalue weighted by Crippen LogP contribution is -2.56. The van der Waals surface area contributed by atoms with Gasteiger partial charge in [0.15, 0.2) is 6.04 Å². The summed E-state index contributed by atoms with van der Waals surface area (Å²) in [5, 5.41) is 18.4. The quantitative estimate of drug-likeness (QED) is 0.197. The van der Waals surface area contributed by atoms with Crippen molar-refractivity contribution in [2.24, 2.45) is 11.3 Å². The topological polar surface area (TPSA) is 125 Å². The van der Waals surface area contributed by atoms with Crippen LogP contribution in [0.25, 0.3) is 11.4 Å². The number of hydrogen-bond donors (Lipinski definition) is 2. The fraction of sp³-hybridized carbons (Fsp3) is 0.371. The Hall–Kier alpha value is -5.06. The Bertz CT molecular complexity index is 1680. The van der Waals surface area contributed by atoms with E-state index in [-0.39, 0.29) is 5.41 Å². The Kier molecular flexibility index (Phi) is 9.79. The number of para-hydroxylation sites is 3. The molecule has 0 saturated heterocycles. The van der Waals surface area contributed by atoms with Crippen LogP contribution in [0.3, 0.4) is 0 Å². The standard InChI is InChI=1S/C35H42N8O3/c1-6-24(7-2)23-42-39-31(38-40-42)25-14-13-15-26(22-25)36-34(46)37-30-32(44)41(21-20-35(3,4)5)28-18-11-12-19-29(28)43(33(30)45)27-16-9-8-10-17-27/h8-19,22,24,30H,6-7,20-21,23H2,1-5H3,(H2,36,37,46). The van der Waals surface area contributed by atoms with Gasteiger partial charge in [0.25, 0.3) is 11.8 Å². The molecule has 2 heterocycles. The first-order valence-electron chi connectivity index (χ1n) is 15.8. The maximum absolute atomic E-state index is 14.2. The van der Waals surface area contributed by atoms with Gasteiger partial charge in [-0.2, -0.15) is 4.80 Å². The summed E-state index contributed by atoms with van der Waals surface area (Å²) in [6, 6.07) is 21.4. The number of nitrogens with one attached hydrogen (secondary N) is 2. The molecule has 0 bridgehead atoms. The summed E-state index contributed by atoms with van der Waals surface area (Å²) in [4.78, 5) is 46.6. The van der Waals surface area contributed by atoms with Gasteiger partial charge < -0.3 is 15.5 Å². The number of benzene rings is 3. The molecule has 1 aliphatic rings. The van der Waals surface area contributed by atoms with E-state index < -0.39 is 23.9 Å². The summed E-state index contributed by atoms with van der Waals surface area (Å²) in [6.07, 6.45) is 2.74. The summed E-state index contributed by atoms with van der Waals surface area (Å²) < 4.78 is 0. The van der Waals surface area contributed by atoms with Crippen molar-refractivity contribution in [3.8, 4) is 11.4 Å². The van der Waals surface area contributed by atoms with E-state index in [4.69, 9.17) is 0 Å². The molecule has 46 heavy (non-hydrogen) atoms. The number of urea groups is 1. The fourth-order valence-electron chi connectivity index (χ4n) is 5.40. The van der Waals surface area contributed by atoms with Gasteiger partial charge in [-0.3, -0.25) is 14.5 Å². The number of tetrazole rings is 1. The van der Waals surface area contributed by atoms with Gasteiger partial charge in [-0.05, 0) is 59.4 Å². The molecule has 5 rings (SSSR count). The molecular formula is C35H42N8O3. The van der Waals surface area contributed by atoms with Gasteiger partial charge in [-0.25, -0.2) is 4.79 Å². The van der Waals surface area contributed by atoms with E-state index in [0.717, 1.165) is 12.8 Å². The number of nitrogens with zero attached hydrogens (tertiary/aromatic N) is 6. The van der Waals surface area contributed by atoms with Crippen LogP contribution in [0.5, 0.6) is 0 Å². The second-order valence-corrected chi connectivity index (χ2v) is 12.8. The van der Waals surface area contributed by atoms with Crippen molar-refractivity contribution < 1.29 is 14.4 Å². The molecule has 1 aliphatic heterocycles. The number of carbonyl (C=O) groups excluding carboxylic acids is 3. The minimum absolute atomic E-state index is 0.0656. The highest BCUT2D eigenvalue weighted by Gasteiger charge is 2.42. The minimum atomic E-state index is -1.47. The van der Waals surface area contributed by atoms with Crippen molar-refractivity contribution in [3.05, 3.63) is 78.9 Å². The van der Waals surface area contributed by atoms with Crippen LogP contribution < -0.4 is 20.4 Å². The van der Waals surface area contributed by atoms with E-state index in [9.17, 15) is 14.4 Å². The predicted octanol–water partition coefficient (Wildman–Crippen LogP) is 6.41. The molecular weight excluding hydrogens is 580 g/mol. The van der Waals surface area contributed by atoms with Crippen LogP contribution in [-0.4, -0.2) is 50.6 Å². The van der Waals surface area contributed by atoms with Crippen LogP contribution in [0.2, 0.25) is 0 Å². The number of fused-ring (bicyclic) bond motifs is 1. The summed E-state index contributed by atoms with van der Waals surface area (Å²) in [5.74, 6) is -0.149. The minimum Gasteiger partial charge on any atom is -0.318 e. The highest BCUT2D eigenvalue weighted by Crippen LogP contribution is 2.38. The third-order valence-electron chi connectivity index (χ3n) is 8.18. The number of aromatic nitrogens is 4. The van der Waals surface area contributed by atoms with Crippen LogP contribution >= 0.6 is 0 Å². The van der Waals surface area contributed by atoms with Gasteiger partial charge in [-0.1, -0.05) is 89.9 Å². The number of rotatable bonds is 10. The molecule has 0 saturated carbocycles. The van der Waals surface area contributed by atoms with E-state index in [1.165, 1.54) is 4.90 Å². The lowest BCUT2D eigenvalue weighted by atomic mass is 9.92. The Morgan fingerprint density at radius 3 is 2.28 bits per heavy atom. The van der Waals surface area contributed by atoms with Crippen LogP contribution in [-0.2, 0) is 16.1 Å². The van der Waals surface area contributed by atoms with E-state index in [2.05, 4.69) is 60.7 Å². The average Bonchev–Trinajstić information content (AvgIpc) is 3.49. The fourth-order valence-corrected chi connectivity index (χ4v) is 5.40. The molecule has 11 heteroatoms. The lowest BCUT2D eigenvalue weighted by molar-refractivity contribution is -0.128. The van der Waals surface area contributed by atoms with Gasteiger partial charge in [-0.15, -0.1) is 10.2 Å². The van der Waals surface area contributed by atoms with Crippen molar-refractivity contribution in [3.63, 3.8) is 0 Å². The van der Waals surface area contributed by atoms with Crippen LogP contribution in [0.15, 0.2) is 78.9 Å². The second-order valence-electron chi connectivity index (χ2n) is 12.8. The molecule has 1 aromatic heterocycles. The molecule has 0 aliphatic carbocycles. The summed E-state index contributed by atoms with van der Waals surface area (Å²) in [5.41, 5.74) is 2.83. The first-order chi connectivity index (χ1) is 22.1. The van der Waals surface area contributed by atoms with Crippen LogP contribution in [0.1, 0.15) is 53.9 Å². The van der Waals surface area contributed by atoms with Crippen molar-refractivity contribution in [1.29, 1.82) is 0 Å². The first kappa shape index (κ1) is 32.3. The highest BCUT2D eigenvalue weighted by atomic mass is 16.2. The predicted molar refractivity (Wildman–Crippen MR) is 180 cm³/mol. The molecule has 11 nitrogen and oxygen atoms in total. The largest absolute Gasteiger partial charge is 0.320 e.